The highest BCUT2D eigenvalue weighted by atomic mass is 35.5. The molecule has 230 valence electrons. The van der Waals surface area contributed by atoms with Gasteiger partial charge < -0.3 is 34.6 Å². The van der Waals surface area contributed by atoms with Crippen LogP contribution in [0, 0.1) is 5.82 Å². The second kappa shape index (κ2) is 11.7. The van der Waals surface area contributed by atoms with Gasteiger partial charge >= 0.3 is 5.97 Å². The zero-order chi connectivity index (χ0) is 30.5. The van der Waals surface area contributed by atoms with E-state index in [9.17, 15) is 14.7 Å². The van der Waals surface area contributed by atoms with Gasteiger partial charge in [0, 0.05) is 48.6 Å². The zero-order valence-electron chi connectivity index (χ0n) is 23.8. The Bertz CT molecular complexity index is 1610. The highest BCUT2D eigenvalue weighted by Crippen LogP contribution is 2.43. The van der Waals surface area contributed by atoms with Crippen LogP contribution in [0.5, 0.6) is 5.75 Å². The molecule has 0 radical (unpaired) electrons. The van der Waals surface area contributed by atoms with Crippen molar-refractivity contribution in [3.63, 3.8) is 0 Å². The smallest absolute Gasteiger partial charge is 0.337 e. The lowest BCUT2D eigenvalue weighted by Crippen LogP contribution is -2.46. The number of carboxylic acid groups (broad SMARTS) is 1. The molecule has 44 heavy (non-hydrogen) atoms. The van der Waals surface area contributed by atoms with Gasteiger partial charge in [0.25, 0.3) is 5.91 Å². The second-order valence-corrected chi connectivity index (χ2v) is 12.4. The molecule has 0 aromatic heterocycles. The Balaban J connectivity index is 1.19. The minimum atomic E-state index is -1.19. The molecule has 3 saturated heterocycles. The number of aromatic carboxylic acids is 1. The molecule has 4 aliphatic rings. The topological polar surface area (TPSA) is 94.6 Å². The van der Waals surface area contributed by atoms with Crippen LogP contribution in [0.4, 0.5) is 15.8 Å². The van der Waals surface area contributed by atoms with Crippen molar-refractivity contribution in [1.82, 2.24) is 10.2 Å². The number of halogens is 3. The first-order valence-electron chi connectivity index (χ1n) is 14.7. The maximum Gasteiger partial charge on any atom is 0.337 e. The van der Waals surface area contributed by atoms with Gasteiger partial charge in [0.1, 0.15) is 11.6 Å². The lowest BCUT2D eigenvalue weighted by atomic mass is 9.96. The number of hydrogen-bond donors (Lipinski definition) is 2. The largest absolute Gasteiger partial charge is 0.478 e. The maximum absolute atomic E-state index is 15.6. The van der Waals surface area contributed by atoms with Gasteiger partial charge in [-0.2, -0.15) is 0 Å². The summed E-state index contributed by atoms with van der Waals surface area (Å²) in [5.74, 6) is -1.77. The number of nitrogens with zero attached hydrogens (tertiary/aromatic N) is 3. The van der Waals surface area contributed by atoms with E-state index in [1.165, 1.54) is 4.90 Å². The summed E-state index contributed by atoms with van der Waals surface area (Å²) in [6, 6.07) is 11.7. The number of anilines is 2. The molecule has 7 rings (SSSR count). The molecule has 12 heteroatoms. The zero-order valence-corrected chi connectivity index (χ0v) is 25.3. The summed E-state index contributed by atoms with van der Waals surface area (Å²) in [5.41, 5.74) is 2.87. The number of carbonyl (C=O) groups is 2. The molecular weight excluding hydrogens is 610 g/mol. The van der Waals surface area contributed by atoms with Crippen molar-refractivity contribution < 1.29 is 28.6 Å². The first kappa shape index (κ1) is 29.2. The summed E-state index contributed by atoms with van der Waals surface area (Å²) >= 11 is 13.2. The van der Waals surface area contributed by atoms with Crippen molar-refractivity contribution >= 4 is 46.5 Å². The lowest BCUT2D eigenvalue weighted by Gasteiger charge is -2.37. The molecule has 0 aliphatic carbocycles. The normalized spacial score (nSPS) is 21.2. The number of nitrogens with one attached hydrogen (secondary N) is 1. The molecule has 3 aromatic rings. The predicted octanol–water partition coefficient (Wildman–Crippen LogP) is 5.27. The Morgan fingerprint density at radius 3 is 2.36 bits per heavy atom. The van der Waals surface area contributed by atoms with E-state index >= 15 is 4.39 Å². The number of ether oxygens (including phenoxy) is 2. The standard InChI is InChI=1S/C32H31Cl2FN4O5/c33-25-10-21(37-8-6-36-7-9-37)11-26(34)29(25)31(40)38-14-18-2-1-3-22(30(18)44-17-38)23-13-28(24(32(41)42)12-27(23)35)39-19-4-5-20(39)16-43-15-19/h1-3,10-13,19-20,36H,4-9,14-17H2,(H,41,42). The highest BCUT2D eigenvalue weighted by molar-refractivity contribution is 6.40. The first-order chi connectivity index (χ1) is 21.3. The molecule has 4 aliphatic heterocycles. The molecule has 2 N–H and O–H groups in total. The Kier molecular flexibility index (Phi) is 7.78. The van der Waals surface area contributed by atoms with Crippen molar-refractivity contribution in [1.29, 1.82) is 0 Å². The molecule has 3 fully saturated rings. The van der Waals surface area contributed by atoms with Crippen LogP contribution in [0.25, 0.3) is 11.1 Å². The number of hydrogen-bond acceptors (Lipinski definition) is 7. The molecule has 2 unspecified atom stereocenters. The average molecular weight is 642 g/mol. The molecule has 0 saturated carbocycles. The van der Waals surface area contributed by atoms with Crippen LogP contribution in [0.15, 0.2) is 42.5 Å². The number of benzene rings is 3. The Morgan fingerprint density at radius 1 is 0.977 bits per heavy atom. The van der Waals surface area contributed by atoms with Gasteiger partial charge in [0.05, 0.1) is 58.7 Å². The van der Waals surface area contributed by atoms with E-state index in [4.69, 9.17) is 32.7 Å². The van der Waals surface area contributed by atoms with Crippen LogP contribution in [0.1, 0.15) is 39.1 Å². The van der Waals surface area contributed by atoms with Crippen LogP contribution in [0.3, 0.4) is 0 Å². The quantitative estimate of drug-likeness (QED) is 0.390. The Hall–Kier alpha value is -3.57. The third-order valence-electron chi connectivity index (χ3n) is 8.96. The summed E-state index contributed by atoms with van der Waals surface area (Å²) in [6.45, 7) is 4.44. The van der Waals surface area contributed by atoms with E-state index in [1.807, 2.05) is 6.07 Å². The highest BCUT2D eigenvalue weighted by Gasteiger charge is 2.40. The van der Waals surface area contributed by atoms with E-state index < -0.39 is 11.8 Å². The molecule has 3 aromatic carbocycles. The van der Waals surface area contributed by atoms with Crippen molar-refractivity contribution in [3.05, 3.63) is 75.0 Å². The first-order valence-corrected chi connectivity index (χ1v) is 15.5. The monoisotopic (exact) mass is 640 g/mol. The van der Waals surface area contributed by atoms with E-state index in [1.54, 1.807) is 30.3 Å². The molecule has 9 nitrogen and oxygen atoms in total. The third-order valence-corrected chi connectivity index (χ3v) is 9.55. The maximum atomic E-state index is 15.6. The minimum absolute atomic E-state index is 0.0373. The van der Waals surface area contributed by atoms with Gasteiger partial charge in [0.15, 0.2) is 6.73 Å². The SMILES string of the molecule is O=C(O)c1cc(F)c(-c2cccc3c2OCN(C(=O)c2c(Cl)cc(N4CCNCC4)cc2Cl)C3)cc1N1C2CCC1COC2. The van der Waals surface area contributed by atoms with Crippen molar-refractivity contribution in [2.45, 2.75) is 31.5 Å². The van der Waals surface area contributed by atoms with E-state index in [-0.39, 0.29) is 58.0 Å². The van der Waals surface area contributed by atoms with Gasteiger partial charge in [-0.05, 0) is 37.1 Å². The third kappa shape index (κ3) is 5.13. The van der Waals surface area contributed by atoms with Gasteiger partial charge in [-0.1, -0.05) is 41.4 Å². The molecule has 2 bridgehead atoms. The number of carbonyl (C=O) groups excluding carboxylic acids is 1. The summed E-state index contributed by atoms with van der Waals surface area (Å²) in [7, 11) is 0. The predicted molar refractivity (Wildman–Crippen MR) is 166 cm³/mol. The average Bonchev–Trinajstić information content (AvgIpc) is 3.27. The van der Waals surface area contributed by atoms with E-state index in [2.05, 4.69) is 15.1 Å². The van der Waals surface area contributed by atoms with E-state index in [0.29, 0.717) is 35.8 Å². The van der Waals surface area contributed by atoms with Crippen LogP contribution < -0.4 is 19.9 Å². The van der Waals surface area contributed by atoms with Crippen molar-refractivity contribution in [2.75, 3.05) is 55.9 Å². The Labute approximate surface area is 264 Å². The fraction of sp³-hybridized carbons (Fsp3) is 0.375. The number of carboxylic acids is 1. The number of rotatable bonds is 5. The van der Waals surface area contributed by atoms with Crippen molar-refractivity contribution in [3.8, 4) is 16.9 Å². The number of fused-ring (bicyclic) bond motifs is 3. The molecule has 2 atom stereocenters. The lowest BCUT2D eigenvalue weighted by molar-refractivity contribution is 0.0516. The number of piperazine rings is 1. The second-order valence-electron chi connectivity index (χ2n) is 11.6. The van der Waals surface area contributed by atoms with Gasteiger partial charge in [-0.15, -0.1) is 0 Å². The van der Waals surface area contributed by atoms with E-state index in [0.717, 1.165) is 50.8 Å². The van der Waals surface area contributed by atoms with Gasteiger partial charge in [0.2, 0.25) is 0 Å². The summed E-state index contributed by atoms with van der Waals surface area (Å²) in [4.78, 5) is 31.6. The summed E-state index contributed by atoms with van der Waals surface area (Å²) < 4.78 is 27.5. The number of amides is 1. The molecule has 1 amide bonds. The van der Waals surface area contributed by atoms with Crippen LogP contribution in [-0.4, -0.2) is 80.1 Å². The summed E-state index contributed by atoms with van der Waals surface area (Å²) in [5, 5.41) is 13.8. The van der Waals surface area contributed by atoms with Gasteiger partial charge in [-0.3, -0.25) is 4.79 Å². The van der Waals surface area contributed by atoms with Crippen LogP contribution >= 0.6 is 23.2 Å². The fourth-order valence-corrected chi connectivity index (χ4v) is 7.46. The Morgan fingerprint density at radius 2 is 1.68 bits per heavy atom. The molecule has 0 spiro atoms. The van der Waals surface area contributed by atoms with Crippen molar-refractivity contribution in [2.24, 2.45) is 0 Å². The number of para-hydroxylation sites is 1. The molecule has 4 heterocycles. The fourth-order valence-electron chi connectivity index (χ4n) is 6.82. The van der Waals surface area contributed by atoms with Crippen LogP contribution in [0.2, 0.25) is 10.0 Å². The van der Waals surface area contributed by atoms with Crippen LogP contribution in [-0.2, 0) is 11.3 Å². The minimum Gasteiger partial charge on any atom is -0.478 e. The van der Waals surface area contributed by atoms with Gasteiger partial charge in [-0.25, -0.2) is 9.18 Å². The number of morpholine rings is 1. The molecular formula is C32H31Cl2FN4O5. The summed E-state index contributed by atoms with van der Waals surface area (Å²) in [6.07, 6.45) is 1.77.